The van der Waals surface area contributed by atoms with Crippen LogP contribution >= 0.6 is 0 Å². The number of hydrogen-bond acceptors (Lipinski definition) is 3. The van der Waals surface area contributed by atoms with Crippen molar-refractivity contribution >= 4 is 11.7 Å². The van der Waals surface area contributed by atoms with E-state index in [1.165, 1.54) is 0 Å². The van der Waals surface area contributed by atoms with Crippen LogP contribution in [0.3, 0.4) is 0 Å². The number of ether oxygens (including phenoxy) is 1. The highest BCUT2D eigenvalue weighted by molar-refractivity contribution is 5.89. The van der Waals surface area contributed by atoms with E-state index in [2.05, 4.69) is 10.2 Å². The SMILES string of the molecule is O=C(Nc1cc(F)cc(C(F)(F)F)c1)N(Cc1ccccc1)C1CCN(Cc2cccc(Oc3ccccc3)c2)CC1. The molecule has 0 aromatic heterocycles. The van der Waals surface area contributed by atoms with E-state index >= 15 is 0 Å². The Balaban J connectivity index is 1.25. The quantitative estimate of drug-likeness (QED) is 0.214. The van der Waals surface area contributed by atoms with Gasteiger partial charge in [0.05, 0.1) is 5.56 Å². The molecule has 1 saturated heterocycles. The number of nitrogens with one attached hydrogen (secondary N) is 1. The first-order valence-corrected chi connectivity index (χ1v) is 13.8. The highest BCUT2D eigenvalue weighted by Crippen LogP contribution is 2.32. The summed E-state index contributed by atoms with van der Waals surface area (Å²) in [6.45, 7) is 2.45. The van der Waals surface area contributed by atoms with Gasteiger partial charge in [-0.25, -0.2) is 9.18 Å². The fraction of sp³-hybridized carbons (Fsp3) is 0.242. The van der Waals surface area contributed by atoms with E-state index in [1.54, 1.807) is 4.90 Å². The van der Waals surface area contributed by atoms with Crippen molar-refractivity contribution in [3.8, 4) is 11.5 Å². The average Bonchev–Trinajstić information content (AvgIpc) is 2.97. The number of halogens is 4. The molecule has 0 aliphatic carbocycles. The average molecular weight is 578 g/mol. The van der Waals surface area contributed by atoms with Crippen molar-refractivity contribution < 1.29 is 27.1 Å². The molecule has 0 bridgehead atoms. The van der Waals surface area contributed by atoms with E-state index in [0.717, 1.165) is 47.8 Å². The van der Waals surface area contributed by atoms with Gasteiger partial charge >= 0.3 is 12.2 Å². The molecular formula is C33H31F4N3O2. The number of benzene rings is 4. The Morgan fingerprint density at radius 1 is 0.833 bits per heavy atom. The van der Waals surface area contributed by atoms with Crippen molar-refractivity contribution in [3.63, 3.8) is 0 Å². The summed E-state index contributed by atoms with van der Waals surface area (Å²) in [5, 5.41) is 2.51. The van der Waals surface area contributed by atoms with E-state index in [-0.39, 0.29) is 18.3 Å². The molecule has 0 radical (unpaired) electrons. The standard InChI is InChI=1S/C33H31F4N3O2/c34-27-19-26(33(35,36)37)20-28(21-27)38-32(41)40(23-24-8-3-1-4-9-24)29-14-16-39(17-15-29)22-25-10-7-13-31(18-25)42-30-11-5-2-6-12-30/h1-13,18-21,29H,14-17,22-23H2,(H,38,41). The molecule has 5 nitrogen and oxygen atoms in total. The Bertz CT molecular complexity index is 1470. The first-order chi connectivity index (χ1) is 20.2. The lowest BCUT2D eigenvalue weighted by Crippen LogP contribution is -2.48. The fourth-order valence-electron chi connectivity index (χ4n) is 5.15. The number of para-hydroxylation sites is 1. The van der Waals surface area contributed by atoms with Crippen LogP contribution in [0.4, 0.5) is 28.0 Å². The first-order valence-electron chi connectivity index (χ1n) is 13.8. The third-order valence-corrected chi connectivity index (χ3v) is 7.21. The van der Waals surface area contributed by atoms with Gasteiger partial charge in [-0.1, -0.05) is 60.7 Å². The second-order valence-electron chi connectivity index (χ2n) is 10.3. The largest absolute Gasteiger partial charge is 0.457 e. The van der Waals surface area contributed by atoms with Crippen LogP contribution < -0.4 is 10.1 Å². The van der Waals surface area contributed by atoms with Crippen molar-refractivity contribution in [1.82, 2.24) is 9.80 Å². The van der Waals surface area contributed by atoms with E-state index < -0.39 is 23.6 Å². The van der Waals surface area contributed by atoms with Crippen molar-refractivity contribution in [1.29, 1.82) is 0 Å². The molecule has 9 heteroatoms. The lowest BCUT2D eigenvalue weighted by Gasteiger charge is -2.38. The smallest absolute Gasteiger partial charge is 0.416 e. The summed E-state index contributed by atoms with van der Waals surface area (Å²) in [4.78, 5) is 17.4. The van der Waals surface area contributed by atoms with Gasteiger partial charge < -0.3 is 15.0 Å². The van der Waals surface area contributed by atoms with Gasteiger partial charge in [-0.15, -0.1) is 0 Å². The number of likely N-dealkylation sites (tertiary alicyclic amines) is 1. The van der Waals surface area contributed by atoms with Crippen molar-refractivity contribution in [2.45, 2.75) is 38.1 Å². The van der Waals surface area contributed by atoms with Gasteiger partial charge in [0.2, 0.25) is 0 Å². The Hall–Kier alpha value is -4.37. The van der Waals surface area contributed by atoms with Gasteiger partial charge in [-0.05, 0) is 66.4 Å². The molecule has 1 heterocycles. The van der Waals surface area contributed by atoms with Crippen LogP contribution in [0.5, 0.6) is 11.5 Å². The molecule has 4 aromatic rings. The number of urea groups is 1. The number of carbonyl (C=O) groups excluding carboxylic acids is 1. The number of carbonyl (C=O) groups is 1. The third-order valence-electron chi connectivity index (χ3n) is 7.21. The number of amides is 2. The van der Waals surface area contributed by atoms with Crippen molar-refractivity contribution in [3.05, 3.63) is 126 Å². The molecule has 1 aliphatic rings. The van der Waals surface area contributed by atoms with Crippen LogP contribution in [0.15, 0.2) is 103 Å². The summed E-state index contributed by atoms with van der Waals surface area (Å²) < 4.78 is 59.7. The lowest BCUT2D eigenvalue weighted by molar-refractivity contribution is -0.137. The summed E-state index contributed by atoms with van der Waals surface area (Å²) in [6.07, 6.45) is -3.37. The third kappa shape index (κ3) is 7.88. The van der Waals surface area contributed by atoms with E-state index in [4.69, 9.17) is 4.74 Å². The molecule has 218 valence electrons. The van der Waals surface area contributed by atoms with E-state index in [1.807, 2.05) is 84.9 Å². The van der Waals surface area contributed by atoms with Gasteiger partial charge in [-0.2, -0.15) is 13.2 Å². The summed E-state index contributed by atoms with van der Waals surface area (Å²) in [6, 6.07) is 28.3. The van der Waals surface area contributed by atoms with Gasteiger partial charge in [0.25, 0.3) is 0 Å². The second-order valence-corrected chi connectivity index (χ2v) is 10.3. The topological polar surface area (TPSA) is 44.8 Å². The Labute approximate surface area is 242 Å². The van der Waals surface area contributed by atoms with Crippen LogP contribution in [-0.4, -0.2) is 35.0 Å². The van der Waals surface area contributed by atoms with E-state index in [0.29, 0.717) is 25.5 Å². The number of rotatable bonds is 8. The molecule has 0 spiro atoms. The highest BCUT2D eigenvalue weighted by atomic mass is 19.4. The Kier molecular flexibility index (Phi) is 9.07. The van der Waals surface area contributed by atoms with Crippen LogP contribution in [0, 0.1) is 5.82 Å². The van der Waals surface area contributed by atoms with Crippen molar-refractivity contribution in [2.24, 2.45) is 0 Å². The predicted molar refractivity (Wildman–Crippen MR) is 154 cm³/mol. The summed E-state index contributed by atoms with van der Waals surface area (Å²) >= 11 is 0. The van der Waals surface area contributed by atoms with Gasteiger partial charge in [0.15, 0.2) is 0 Å². The zero-order valence-corrected chi connectivity index (χ0v) is 22.9. The zero-order valence-electron chi connectivity index (χ0n) is 22.9. The Morgan fingerprint density at radius 3 is 2.17 bits per heavy atom. The van der Waals surface area contributed by atoms with Crippen molar-refractivity contribution in [2.75, 3.05) is 18.4 Å². The van der Waals surface area contributed by atoms with Crippen LogP contribution in [-0.2, 0) is 19.3 Å². The molecule has 42 heavy (non-hydrogen) atoms. The maximum Gasteiger partial charge on any atom is 0.416 e. The van der Waals surface area contributed by atoms with Gasteiger partial charge in [-0.3, -0.25) is 4.90 Å². The summed E-state index contributed by atoms with van der Waals surface area (Å²) in [5.41, 5.74) is 0.604. The first kappa shape index (κ1) is 29.1. The maximum absolute atomic E-state index is 14.0. The highest BCUT2D eigenvalue weighted by Gasteiger charge is 2.32. The minimum absolute atomic E-state index is 0.148. The van der Waals surface area contributed by atoms with Crippen LogP contribution in [0.1, 0.15) is 29.5 Å². The zero-order chi connectivity index (χ0) is 29.5. The lowest BCUT2D eigenvalue weighted by atomic mass is 10.0. The molecule has 0 unspecified atom stereocenters. The molecular weight excluding hydrogens is 546 g/mol. The number of anilines is 1. The number of alkyl halides is 3. The molecule has 1 N–H and O–H groups in total. The monoisotopic (exact) mass is 577 g/mol. The Morgan fingerprint density at radius 2 is 1.48 bits per heavy atom. The molecule has 4 aromatic carbocycles. The maximum atomic E-state index is 14.0. The number of hydrogen-bond donors (Lipinski definition) is 1. The van der Waals surface area contributed by atoms with Crippen LogP contribution in [0.25, 0.3) is 0 Å². The second kappa shape index (κ2) is 13.1. The fourth-order valence-corrected chi connectivity index (χ4v) is 5.15. The number of piperidine rings is 1. The minimum Gasteiger partial charge on any atom is -0.457 e. The molecule has 1 aliphatic heterocycles. The molecule has 2 amide bonds. The van der Waals surface area contributed by atoms with Crippen LogP contribution in [0.2, 0.25) is 0 Å². The summed E-state index contributed by atoms with van der Waals surface area (Å²) in [7, 11) is 0. The normalized spacial score (nSPS) is 14.4. The number of nitrogens with zero attached hydrogens (tertiary/aromatic N) is 2. The summed E-state index contributed by atoms with van der Waals surface area (Å²) in [5.74, 6) is 0.451. The van der Waals surface area contributed by atoms with Gasteiger partial charge in [0.1, 0.15) is 17.3 Å². The minimum atomic E-state index is -4.73. The molecule has 0 saturated carbocycles. The molecule has 1 fully saturated rings. The predicted octanol–water partition coefficient (Wildman–Crippen LogP) is 8.34. The molecule has 5 rings (SSSR count). The molecule has 0 atom stereocenters. The van der Waals surface area contributed by atoms with E-state index in [9.17, 15) is 22.4 Å². The van der Waals surface area contributed by atoms with Gasteiger partial charge in [0, 0.05) is 37.9 Å².